The van der Waals surface area contributed by atoms with E-state index in [0.717, 1.165) is 29.2 Å². The van der Waals surface area contributed by atoms with Crippen molar-refractivity contribution in [2.75, 3.05) is 23.5 Å². The van der Waals surface area contributed by atoms with E-state index in [0.29, 0.717) is 4.99 Å². The number of hydrogen-bond acceptors (Lipinski definition) is 3. The fraction of sp³-hybridized carbons (Fsp3) is 0.385. The molecule has 96 valence electrons. The number of para-hydroxylation sites is 1. The van der Waals surface area contributed by atoms with Crippen LogP contribution in [0.2, 0.25) is 0 Å². The fourth-order valence-electron chi connectivity index (χ4n) is 2.10. The van der Waals surface area contributed by atoms with Gasteiger partial charge in [-0.2, -0.15) is 11.8 Å². The highest BCUT2D eigenvalue weighted by atomic mass is 32.2. The summed E-state index contributed by atoms with van der Waals surface area (Å²) >= 11 is 6.86. The van der Waals surface area contributed by atoms with Gasteiger partial charge in [0.1, 0.15) is 4.99 Å². The Hall–Kier alpha value is -1.07. The van der Waals surface area contributed by atoms with Gasteiger partial charge >= 0.3 is 0 Å². The molecule has 0 saturated carbocycles. The van der Waals surface area contributed by atoms with Gasteiger partial charge in [-0.25, -0.2) is 0 Å². The molecular formula is C13H16N2OS2. The Labute approximate surface area is 117 Å². The van der Waals surface area contributed by atoms with E-state index in [2.05, 4.69) is 0 Å². The number of carbonyl (C=O) groups is 1. The van der Waals surface area contributed by atoms with Crippen LogP contribution >= 0.6 is 24.0 Å². The Morgan fingerprint density at radius 2 is 2.22 bits per heavy atom. The van der Waals surface area contributed by atoms with Crippen LogP contribution in [-0.4, -0.2) is 29.4 Å². The average Bonchev–Trinajstić information content (AvgIpc) is 2.90. The van der Waals surface area contributed by atoms with Crippen molar-refractivity contribution in [2.45, 2.75) is 6.42 Å². The number of benzene rings is 1. The van der Waals surface area contributed by atoms with Crippen LogP contribution in [0, 0.1) is 5.92 Å². The Kier molecular flexibility index (Phi) is 4.24. The zero-order chi connectivity index (χ0) is 13.1. The Bertz CT molecular complexity index is 470. The van der Waals surface area contributed by atoms with Crippen molar-refractivity contribution >= 4 is 40.6 Å². The molecule has 1 saturated heterocycles. The van der Waals surface area contributed by atoms with Crippen LogP contribution in [0.1, 0.15) is 12.0 Å². The van der Waals surface area contributed by atoms with E-state index in [4.69, 9.17) is 18.0 Å². The van der Waals surface area contributed by atoms with E-state index in [9.17, 15) is 4.79 Å². The number of amides is 1. The van der Waals surface area contributed by atoms with Gasteiger partial charge in [-0.1, -0.05) is 24.4 Å². The maximum absolute atomic E-state index is 12.3. The van der Waals surface area contributed by atoms with Crippen molar-refractivity contribution < 1.29 is 4.79 Å². The molecule has 1 amide bonds. The van der Waals surface area contributed by atoms with E-state index in [1.54, 1.807) is 11.9 Å². The molecule has 1 aromatic carbocycles. The number of thioether (sulfide) groups is 1. The maximum atomic E-state index is 12.3. The molecule has 1 aliphatic rings. The summed E-state index contributed by atoms with van der Waals surface area (Å²) in [5, 5.41) is 0. The van der Waals surface area contributed by atoms with E-state index in [-0.39, 0.29) is 11.8 Å². The molecular weight excluding hydrogens is 264 g/mol. The number of hydrogen-bond donors (Lipinski definition) is 1. The van der Waals surface area contributed by atoms with Gasteiger partial charge in [-0.15, -0.1) is 0 Å². The molecule has 2 rings (SSSR count). The third-order valence-electron chi connectivity index (χ3n) is 3.14. The summed E-state index contributed by atoms with van der Waals surface area (Å²) in [7, 11) is 1.79. The Balaban J connectivity index is 2.25. The molecule has 0 aliphatic carbocycles. The van der Waals surface area contributed by atoms with Crippen LogP contribution < -0.4 is 10.6 Å². The molecule has 0 bridgehead atoms. The molecule has 1 aromatic rings. The predicted octanol–water partition coefficient (Wildman–Crippen LogP) is 2.04. The second-order valence-electron chi connectivity index (χ2n) is 4.34. The number of anilines is 1. The molecule has 5 heteroatoms. The Morgan fingerprint density at radius 3 is 2.83 bits per heavy atom. The number of thiocarbonyl (C=S) groups is 1. The summed E-state index contributed by atoms with van der Waals surface area (Å²) in [5.41, 5.74) is 7.25. The maximum Gasteiger partial charge on any atom is 0.230 e. The molecule has 3 nitrogen and oxygen atoms in total. The van der Waals surface area contributed by atoms with Gasteiger partial charge in [0.05, 0.1) is 5.69 Å². The van der Waals surface area contributed by atoms with Crippen LogP contribution in [0.3, 0.4) is 0 Å². The minimum absolute atomic E-state index is 0.124. The summed E-state index contributed by atoms with van der Waals surface area (Å²) in [5.74, 6) is 2.27. The van der Waals surface area contributed by atoms with Crippen molar-refractivity contribution in [3.05, 3.63) is 29.8 Å². The molecule has 1 aliphatic heterocycles. The normalized spacial score (nSPS) is 18.6. The van der Waals surface area contributed by atoms with Crippen molar-refractivity contribution in [1.82, 2.24) is 0 Å². The first-order valence-electron chi connectivity index (χ1n) is 5.85. The van der Waals surface area contributed by atoms with Crippen molar-refractivity contribution in [3.63, 3.8) is 0 Å². The number of nitrogens with zero attached hydrogens (tertiary/aromatic N) is 1. The standard InChI is InChI=1S/C13H16N2OS2/c1-15(13(16)9-6-7-18-8-9)11-5-3-2-4-10(11)12(14)17/h2-5,9H,6-8H2,1H3,(H2,14,17). The third kappa shape index (κ3) is 2.67. The summed E-state index contributed by atoms with van der Waals surface area (Å²) < 4.78 is 0. The third-order valence-corrected chi connectivity index (χ3v) is 4.52. The number of carbonyl (C=O) groups excluding carboxylic acids is 1. The van der Waals surface area contributed by atoms with Gasteiger partial charge in [-0.3, -0.25) is 4.79 Å². The molecule has 2 N–H and O–H groups in total. The van der Waals surface area contributed by atoms with Crippen LogP contribution in [-0.2, 0) is 4.79 Å². The largest absolute Gasteiger partial charge is 0.389 e. The lowest BCUT2D eigenvalue weighted by Crippen LogP contribution is -2.34. The number of rotatable bonds is 3. The van der Waals surface area contributed by atoms with Crippen LogP contribution in [0.25, 0.3) is 0 Å². The topological polar surface area (TPSA) is 46.3 Å². The minimum atomic E-state index is 0.124. The van der Waals surface area contributed by atoms with Gasteiger partial charge in [0.2, 0.25) is 5.91 Å². The average molecular weight is 280 g/mol. The Morgan fingerprint density at radius 1 is 1.50 bits per heavy atom. The van der Waals surface area contributed by atoms with Crippen molar-refractivity contribution in [1.29, 1.82) is 0 Å². The zero-order valence-corrected chi connectivity index (χ0v) is 11.9. The highest BCUT2D eigenvalue weighted by molar-refractivity contribution is 7.99. The van der Waals surface area contributed by atoms with Gasteiger partial charge in [0, 0.05) is 24.3 Å². The molecule has 0 radical (unpaired) electrons. The lowest BCUT2D eigenvalue weighted by Gasteiger charge is -2.23. The highest BCUT2D eigenvalue weighted by Gasteiger charge is 2.27. The molecule has 1 fully saturated rings. The highest BCUT2D eigenvalue weighted by Crippen LogP contribution is 2.28. The van der Waals surface area contributed by atoms with Crippen LogP contribution in [0.15, 0.2) is 24.3 Å². The molecule has 1 heterocycles. The lowest BCUT2D eigenvalue weighted by atomic mass is 10.1. The van der Waals surface area contributed by atoms with Crippen molar-refractivity contribution in [2.24, 2.45) is 11.7 Å². The molecule has 1 unspecified atom stereocenters. The summed E-state index contributed by atoms with van der Waals surface area (Å²) in [6.45, 7) is 0. The molecule has 0 spiro atoms. The van der Waals surface area contributed by atoms with Crippen molar-refractivity contribution in [3.8, 4) is 0 Å². The minimum Gasteiger partial charge on any atom is -0.389 e. The zero-order valence-electron chi connectivity index (χ0n) is 10.3. The second-order valence-corrected chi connectivity index (χ2v) is 5.93. The monoisotopic (exact) mass is 280 g/mol. The summed E-state index contributed by atoms with van der Waals surface area (Å²) in [4.78, 5) is 14.4. The van der Waals surface area contributed by atoms with E-state index in [1.807, 2.05) is 36.0 Å². The fourth-order valence-corrected chi connectivity index (χ4v) is 3.48. The first kappa shape index (κ1) is 13.4. The van der Waals surface area contributed by atoms with Gasteiger partial charge < -0.3 is 10.6 Å². The predicted molar refractivity (Wildman–Crippen MR) is 81.2 cm³/mol. The molecule has 1 atom stereocenters. The SMILES string of the molecule is CN(C(=O)C1CCSC1)c1ccccc1C(N)=S. The first-order chi connectivity index (χ1) is 8.61. The smallest absolute Gasteiger partial charge is 0.230 e. The summed E-state index contributed by atoms with van der Waals surface area (Å²) in [6, 6.07) is 7.51. The molecule has 0 aromatic heterocycles. The lowest BCUT2D eigenvalue weighted by molar-refractivity contribution is -0.121. The van der Waals surface area contributed by atoms with Crippen LogP contribution in [0.4, 0.5) is 5.69 Å². The van der Waals surface area contributed by atoms with E-state index >= 15 is 0 Å². The van der Waals surface area contributed by atoms with E-state index < -0.39 is 0 Å². The van der Waals surface area contributed by atoms with Gasteiger partial charge in [0.15, 0.2) is 0 Å². The molecule has 18 heavy (non-hydrogen) atoms. The number of nitrogens with two attached hydrogens (primary N) is 1. The summed E-state index contributed by atoms with van der Waals surface area (Å²) in [6.07, 6.45) is 0.961. The van der Waals surface area contributed by atoms with Gasteiger partial charge in [0.25, 0.3) is 0 Å². The quantitative estimate of drug-likeness (QED) is 0.861. The first-order valence-corrected chi connectivity index (χ1v) is 7.41. The van der Waals surface area contributed by atoms with Crippen LogP contribution in [0.5, 0.6) is 0 Å². The van der Waals surface area contributed by atoms with Gasteiger partial charge in [-0.05, 0) is 24.3 Å². The second kappa shape index (κ2) is 5.71. The van der Waals surface area contributed by atoms with E-state index in [1.165, 1.54) is 0 Å².